The van der Waals surface area contributed by atoms with E-state index in [1.165, 1.54) is 0 Å². The van der Waals surface area contributed by atoms with Gasteiger partial charge >= 0.3 is 0 Å². The van der Waals surface area contributed by atoms with Crippen LogP contribution < -0.4 is 9.47 Å². The lowest BCUT2D eigenvalue weighted by Gasteiger charge is -2.24. The van der Waals surface area contributed by atoms with Gasteiger partial charge in [0.05, 0.1) is 13.7 Å². The van der Waals surface area contributed by atoms with E-state index in [1.807, 2.05) is 48.5 Å². The van der Waals surface area contributed by atoms with E-state index in [0.29, 0.717) is 6.61 Å². The van der Waals surface area contributed by atoms with E-state index in [-0.39, 0.29) is 12.2 Å². The topological polar surface area (TPSA) is 27.7 Å². The zero-order valence-electron chi connectivity index (χ0n) is 11.9. The van der Waals surface area contributed by atoms with Crippen LogP contribution in [0.1, 0.15) is 11.7 Å². The first-order valence-electron chi connectivity index (χ1n) is 7.01. The van der Waals surface area contributed by atoms with Gasteiger partial charge < -0.3 is 14.2 Å². The Labute approximate surface area is 124 Å². The van der Waals surface area contributed by atoms with E-state index in [0.717, 1.165) is 17.1 Å². The minimum absolute atomic E-state index is 0.0157. The number of hydrogen-bond acceptors (Lipinski definition) is 3. The Bertz CT molecular complexity index is 590. The van der Waals surface area contributed by atoms with E-state index in [4.69, 9.17) is 14.2 Å². The van der Waals surface area contributed by atoms with E-state index < -0.39 is 0 Å². The number of methoxy groups -OCH3 is 1. The van der Waals surface area contributed by atoms with Crippen molar-refractivity contribution in [3.63, 3.8) is 0 Å². The van der Waals surface area contributed by atoms with E-state index in [1.54, 1.807) is 7.11 Å². The average molecular weight is 282 g/mol. The van der Waals surface area contributed by atoms with Crippen LogP contribution in [0.4, 0.5) is 0 Å². The number of ether oxygens (including phenoxy) is 3. The molecule has 0 bridgehead atoms. The summed E-state index contributed by atoms with van der Waals surface area (Å²) in [5, 5.41) is 0. The molecule has 0 saturated heterocycles. The van der Waals surface area contributed by atoms with Gasteiger partial charge in [-0.1, -0.05) is 36.4 Å². The van der Waals surface area contributed by atoms with Gasteiger partial charge in [-0.15, -0.1) is 0 Å². The molecule has 2 atom stereocenters. The zero-order valence-corrected chi connectivity index (χ0v) is 11.9. The molecule has 0 unspecified atom stereocenters. The first-order valence-corrected chi connectivity index (χ1v) is 7.01. The Morgan fingerprint density at radius 1 is 0.905 bits per heavy atom. The molecule has 3 nitrogen and oxygen atoms in total. The van der Waals surface area contributed by atoms with Gasteiger partial charge in [0.25, 0.3) is 0 Å². The summed E-state index contributed by atoms with van der Waals surface area (Å²) in [6, 6.07) is 17.8. The molecule has 0 spiro atoms. The van der Waals surface area contributed by atoms with Gasteiger partial charge in [0.2, 0.25) is 0 Å². The smallest absolute Gasteiger partial charge is 0.140 e. The van der Waals surface area contributed by atoms with Gasteiger partial charge in [-0.2, -0.15) is 0 Å². The summed E-state index contributed by atoms with van der Waals surface area (Å²) in [5.41, 5.74) is 1.16. The summed E-state index contributed by atoms with van der Waals surface area (Å²) in [6.07, 6.45) is 4.07. The molecule has 1 aliphatic rings. The molecule has 0 radical (unpaired) electrons. The summed E-state index contributed by atoms with van der Waals surface area (Å²) in [4.78, 5) is 0. The molecule has 0 N–H and O–H groups in total. The Morgan fingerprint density at radius 2 is 1.62 bits per heavy atom. The molecule has 3 heteroatoms. The van der Waals surface area contributed by atoms with Crippen molar-refractivity contribution < 1.29 is 14.2 Å². The third-order valence-electron chi connectivity index (χ3n) is 3.42. The van der Waals surface area contributed by atoms with Crippen LogP contribution in [-0.4, -0.2) is 19.8 Å². The molecule has 2 aromatic carbocycles. The molecule has 0 amide bonds. The maximum Gasteiger partial charge on any atom is 0.140 e. The second-order valence-corrected chi connectivity index (χ2v) is 4.88. The lowest BCUT2D eigenvalue weighted by Crippen LogP contribution is -2.25. The molecule has 0 aliphatic carbocycles. The molecule has 1 heterocycles. The molecule has 0 aromatic heterocycles. The number of hydrogen-bond donors (Lipinski definition) is 0. The third kappa shape index (κ3) is 3.44. The molecule has 0 saturated carbocycles. The van der Waals surface area contributed by atoms with Gasteiger partial charge in [-0.05, 0) is 35.9 Å². The summed E-state index contributed by atoms with van der Waals surface area (Å²) >= 11 is 0. The van der Waals surface area contributed by atoms with Crippen LogP contribution in [0, 0.1) is 0 Å². The van der Waals surface area contributed by atoms with Crippen molar-refractivity contribution in [2.75, 3.05) is 13.7 Å². The minimum atomic E-state index is -0.0571. The fourth-order valence-corrected chi connectivity index (χ4v) is 2.29. The van der Waals surface area contributed by atoms with Gasteiger partial charge in [-0.3, -0.25) is 0 Å². The summed E-state index contributed by atoms with van der Waals surface area (Å²) in [6.45, 7) is 0.544. The number of rotatable bonds is 4. The normalized spacial score (nSPS) is 21.0. The molecule has 108 valence electrons. The quantitative estimate of drug-likeness (QED) is 0.799. The van der Waals surface area contributed by atoms with Crippen molar-refractivity contribution in [2.45, 2.75) is 12.2 Å². The maximum absolute atomic E-state index is 5.87. The van der Waals surface area contributed by atoms with Gasteiger partial charge in [0.15, 0.2) is 0 Å². The van der Waals surface area contributed by atoms with Crippen LogP contribution in [0.5, 0.6) is 11.5 Å². The summed E-state index contributed by atoms with van der Waals surface area (Å²) in [5.74, 6) is 1.63. The standard InChI is InChI=1S/C18H18O3/c1-19-15-7-9-16(10-8-15)21-17-11-12-18(20-13-17)14-5-3-2-4-6-14/h2-12,17-18H,13H2,1H3/t17-,18-/m0/s1. The maximum atomic E-state index is 5.87. The van der Waals surface area contributed by atoms with Crippen molar-refractivity contribution in [3.05, 3.63) is 72.3 Å². The highest BCUT2D eigenvalue weighted by Gasteiger charge is 2.18. The Balaban J connectivity index is 1.61. The van der Waals surface area contributed by atoms with Crippen LogP contribution in [-0.2, 0) is 4.74 Å². The molecular formula is C18H18O3. The lowest BCUT2D eigenvalue weighted by molar-refractivity contribution is 0.0236. The van der Waals surface area contributed by atoms with Crippen LogP contribution in [0.15, 0.2) is 66.7 Å². The molecular weight excluding hydrogens is 264 g/mol. The third-order valence-corrected chi connectivity index (χ3v) is 3.42. The average Bonchev–Trinajstić information content (AvgIpc) is 2.57. The van der Waals surface area contributed by atoms with Crippen LogP contribution in [0.25, 0.3) is 0 Å². The van der Waals surface area contributed by atoms with E-state index in [2.05, 4.69) is 18.2 Å². The molecule has 2 aromatic rings. The molecule has 1 aliphatic heterocycles. The SMILES string of the molecule is COc1ccc(O[C@H]2C=C[C@@H](c3ccccc3)OC2)cc1. The van der Waals surface area contributed by atoms with Gasteiger partial charge in [0, 0.05) is 0 Å². The summed E-state index contributed by atoms with van der Waals surface area (Å²) in [7, 11) is 1.65. The van der Waals surface area contributed by atoms with Crippen molar-refractivity contribution >= 4 is 0 Å². The van der Waals surface area contributed by atoms with E-state index in [9.17, 15) is 0 Å². The predicted octanol–water partition coefficient (Wildman–Crippen LogP) is 3.77. The second kappa shape index (κ2) is 6.46. The van der Waals surface area contributed by atoms with Crippen molar-refractivity contribution in [1.29, 1.82) is 0 Å². The Kier molecular flexibility index (Phi) is 4.22. The fraction of sp³-hybridized carbons (Fsp3) is 0.222. The lowest BCUT2D eigenvalue weighted by atomic mass is 10.1. The van der Waals surface area contributed by atoms with Crippen LogP contribution in [0.2, 0.25) is 0 Å². The van der Waals surface area contributed by atoms with Gasteiger partial charge in [-0.25, -0.2) is 0 Å². The fourth-order valence-electron chi connectivity index (χ4n) is 2.29. The van der Waals surface area contributed by atoms with E-state index >= 15 is 0 Å². The second-order valence-electron chi connectivity index (χ2n) is 4.88. The van der Waals surface area contributed by atoms with Crippen LogP contribution in [0.3, 0.4) is 0 Å². The van der Waals surface area contributed by atoms with Crippen molar-refractivity contribution in [2.24, 2.45) is 0 Å². The highest BCUT2D eigenvalue weighted by Crippen LogP contribution is 2.25. The van der Waals surface area contributed by atoms with Crippen molar-refractivity contribution in [3.8, 4) is 11.5 Å². The molecule has 0 fully saturated rings. The van der Waals surface area contributed by atoms with Crippen molar-refractivity contribution in [1.82, 2.24) is 0 Å². The highest BCUT2D eigenvalue weighted by molar-refractivity contribution is 5.31. The Morgan fingerprint density at radius 3 is 2.24 bits per heavy atom. The molecule has 3 rings (SSSR count). The molecule has 21 heavy (non-hydrogen) atoms. The minimum Gasteiger partial charge on any atom is -0.497 e. The zero-order chi connectivity index (χ0) is 14.5. The first kappa shape index (κ1) is 13.7. The Hall–Kier alpha value is -2.26. The number of benzene rings is 2. The highest BCUT2D eigenvalue weighted by atomic mass is 16.5. The van der Waals surface area contributed by atoms with Crippen LogP contribution >= 0.6 is 0 Å². The summed E-state index contributed by atoms with van der Waals surface area (Å²) < 4.78 is 16.9. The predicted molar refractivity (Wildman–Crippen MR) is 81.7 cm³/mol. The first-order chi connectivity index (χ1) is 10.3. The van der Waals surface area contributed by atoms with Gasteiger partial charge in [0.1, 0.15) is 23.7 Å². The monoisotopic (exact) mass is 282 g/mol. The largest absolute Gasteiger partial charge is 0.497 e.